The number of nitrogens with zero attached hydrogens (tertiary/aromatic N) is 2. The monoisotopic (exact) mass is 372 g/mol. The van der Waals surface area contributed by atoms with Crippen molar-refractivity contribution in [3.63, 3.8) is 0 Å². The van der Waals surface area contributed by atoms with Crippen LogP contribution in [0.4, 0.5) is 0 Å². The van der Waals surface area contributed by atoms with Crippen LogP contribution in [0, 0.1) is 6.92 Å². The first-order chi connectivity index (χ1) is 13.6. The maximum Gasteiger partial charge on any atom is 0.254 e. The van der Waals surface area contributed by atoms with E-state index in [1.54, 1.807) is 4.68 Å². The zero-order chi connectivity index (χ0) is 19.5. The second-order valence-corrected chi connectivity index (χ2v) is 7.16. The molecule has 0 saturated carbocycles. The number of aryl methyl sites for hydroxylation is 1. The van der Waals surface area contributed by atoms with Crippen molar-refractivity contribution in [1.29, 1.82) is 0 Å². The van der Waals surface area contributed by atoms with Gasteiger partial charge in [-0.25, -0.2) is 4.68 Å². The first-order valence-corrected chi connectivity index (χ1v) is 9.56. The smallest absolute Gasteiger partial charge is 0.254 e. The number of para-hydroxylation sites is 1. The van der Waals surface area contributed by atoms with Gasteiger partial charge >= 0.3 is 0 Å². The van der Waals surface area contributed by atoms with Crippen molar-refractivity contribution < 1.29 is 0 Å². The van der Waals surface area contributed by atoms with E-state index in [9.17, 15) is 4.79 Å². The van der Waals surface area contributed by atoms with Gasteiger partial charge in [0.25, 0.3) is 5.56 Å². The molecular formula is C23H24N4O. The van der Waals surface area contributed by atoms with Crippen LogP contribution in [0.25, 0.3) is 16.7 Å². The SMILES string of the molecule is Cc1nn(-c2ccccc2)c2[nH]c(=O)c(CNCC(C)c3ccccc3)cc12. The van der Waals surface area contributed by atoms with Crippen LogP contribution < -0.4 is 10.9 Å². The van der Waals surface area contributed by atoms with Gasteiger partial charge in [-0.1, -0.05) is 55.5 Å². The number of hydrogen-bond donors (Lipinski definition) is 2. The fraction of sp³-hybridized carbons (Fsp3) is 0.217. The summed E-state index contributed by atoms with van der Waals surface area (Å²) in [5.41, 5.74) is 4.50. The van der Waals surface area contributed by atoms with E-state index < -0.39 is 0 Å². The van der Waals surface area contributed by atoms with Gasteiger partial charge in [0.05, 0.1) is 11.4 Å². The molecule has 0 spiro atoms. The Hall–Kier alpha value is -3.18. The average Bonchev–Trinajstić information content (AvgIpc) is 3.05. The minimum Gasteiger partial charge on any atom is -0.312 e. The first-order valence-electron chi connectivity index (χ1n) is 9.56. The fourth-order valence-corrected chi connectivity index (χ4v) is 3.47. The molecule has 4 rings (SSSR count). The zero-order valence-electron chi connectivity index (χ0n) is 16.1. The van der Waals surface area contributed by atoms with Crippen molar-refractivity contribution >= 4 is 11.0 Å². The summed E-state index contributed by atoms with van der Waals surface area (Å²) < 4.78 is 1.79. The Kier molecular flexibility index (Phi) is 5.08. The van der Waals surface area contributed by atoms with Crippen molar-refractivity contribution in [1.82, 2.24) is 20.1 Å². The summed E-state index contributed by atoms with van der Waals surface area (Å²) in [5.74, 6) is 0.381. The third-order valence-electron chi connectivity index (χ3n) is 5.08. The molecule has 0 aliphatic carbocycles. The van der Waals surface area contributed by atoms with Gasteiger partial charge < -0.3 is 10.3 Å². The molecule has 0 saturated heterocycles. The van der Waals surface area contributed by atoms with E-state index in [1.807, 2.05) is 49.4 Å². The number of aromatic amines is 1. The Labute approximate surface area is 164 Å². The minimum absolute atomic E-state index is 0.0792. The predicted octanol–water partition coefficient (Wildman–Crippen LogP) is 3.92. The van der Waals surface area contributed by atoms with E-state index in [1.165, 1.54) is 5.56 Å². The zero-order valence-corrected chi connectivity index (χ0v) is 16.1. The maximum absolute atomic E-state index is 12.6. The molecule has 0 radical (unpaired) electrons. The summed E-state index contributed by atoms with van der Waals surface area (Å²) in [5, 5.41) is 9.00. The average molecular weight is 372 g/mol. The van der Waals surface area contributed by atoms with E-state index in [4.69, 9.17) is 0 Å². The van der Waals surface area contributed by atoms with Crippen LogP contribution in [0.15, 0.2) is 71.5 Å². The van der Waals surface area contributed by atoms with Gasteiger partial charge in [0.1, 0.15) is 5.65 Å². The molecule has 28 heavy (non-hydrogen) atoms. The summed E-state index contributed by atoms with van der Waals surface area (Å²) in [6, 6.07) is 22.2. The molecule has 5 nitrogen and oxygen atoms in total. The third kappa shape index (κ3) is 3.62. The molecular weight excluding hydrogens is 348 g/mol. The van der Waals surface area contributed by atoms with Crippen LogP contribution in [0.5, 0.6) is 0 Å². The summed E-state index contributed by atoms with van der Waals surface area (Å²) in [6.45, 7) is 5.49. The lowest BCUT2D eigenvalue weighted by atomic mass is 10.0. The molecule has 0 amide bonds. The summed E-state index contributed by atoms with van der Waals surface area (Å²) in [4.78, 5) is 15.7. The van der Waals surface area contributed by atoms with Crippen LogP contribution in [-0.4, -0.2) is 21.3 Å². The molecule has 2 aromatic carbocycles. The van der Waals surface area contributed by atoms with E-state index in [-0.39, 0.29) is 5.56 Å². The molecule has 0 bridgehead atoms. The van der Waals surface area contributed by atoms with Crippen molar-refractivity contribution in [3.05, 3.63) is 93.9 Å². The Morgan fingerprint density at radius 2 is 1.75 bits per heavy atom. The Balaban J connectivity index is 1.55. The molecule has 0 fully saturated rings. The van der Waals surface area contributed by atoms with Gasteiger partial charge in [-0.15, -0.1) is 0 Å². The van der Waals surface area contributed by atoms with Gasteiger partial charge in [-0.05, 0) is 36.6 Å². The lowest BCUT2D eigenvalue weighted by Gasteiger charge is -2.13. The molecule has 2 N–H and O–H groups in total. The largest absolute Gasteiger partial charge is 0.312 e. The van der Waals surface area contributed by atoms with Crippen LogP contribution in [0.1, 0.15) is 29.7 Å². The molecule has 2 aromatic heterocycles. The molecule has 142 valence electrons. The van der Waals surface area contributed by atoms with Crippen molar-refractivity contribution in [3.8, 4) is 5.69 Å². The molecule has 0 aliphatic heterocycles. The van der Waals surface area contributed by atoms with Gasteiger partial charge in [0.15, 0.2) is 0 Å². The molecule has 0 aliphatic rings. The normalized spacial score (nSPS) is 12.4. The molecule has 4 aromatic rings. The summed E-state index contributed by atoms with van der Waals surface area (Å²) in [7, 11) is 0. The van der Waals surface area contributed by atoms with Crippen LogP contribution in [-0.2, 0) is 6.54 Å². The third-order valence-corrected chi connectivity index (χ3v) is 5.08. The topological polar surface area (TPSA) is 62.7 Å². The second-order valence-electron chi connectivity index (χ2n) is 7.16. The number of benzene rings is 2. The first kappa shape index (κ1) is 18.2. The van der Waals surface area contributed by atoms with E-state index >= 15 is 0 Å². The lowest BCUT2D eigenvalue weighted by molar-refractivity contribution is 0.613. The summed E-state index contributed by atoms with van der Waals surface area (Å²) in [6.07, 6.45) is 0. The fourth-order valence-electron chi connectivity index (χ4n) is 3.47. The number of hydrogen-bond acceptors (Lipinski definition) is 3. The van der Waals surface area contributed by atoms with Gasteiger partial charge in [-0.3, -0.25) is 4.79 Å². The number of H-pyrrole nitrogens is 1. The molecule has 2 heterocycles. The van der Waals surface area contributed by atoms with E-state index in [0.717, 1.165) is 34.5 Å². The van der Waals surface area contributed by atoms with Crippen LogP contribution in [0.2, 0.25) is 0 Å². The highest BCUT2D eigenvalue weighted by Gasteiger charge is 2.13. The predicted molar refractivity (Wildman–Crippen MR) is 113 cm³/mol. The molecule has 1 atom stereocenters. The molecule has 5 heteroatoms. The highest BCUT2D eigenvalue weighted by molar-refractivity contribution is 5.80. The lowest BCUT2D eigenvalue weighted by Crippen LogP contribution is -2.24. The van der Waals surface area contributed by atoms with Crippen molar-refractivity contribution in [2.24, 2.45) is 0 Å². The minimum atomic E-state index is -0.0792. The van der Waals surface area contributed by atoms with Crippen molar-refractivity contribution in [2.75, 3.05) is 6.54 Å². The van der Waals surface area contributed by atoms with Crippen molar-refractivity contribution in [2.45, 2.75) is 26.3 Å². The summed E-state index contributed by atoms with van der Waals surface area (Å²) >= 11 is 0. The van der Waals surface area contributed by atoms with Gasteiger partial charge in [-0.2, -0.15) is 5.10 Å². The number of rotatable bonds is 6. The van der Waals surface area contributed by atoms with Gasteiger partial charge in [0.2, 0.25) is 0 Å². The van der Waals surface area contributed by atoms with E-state index in [0.29, 0.717) is 12.5 Å². The quantitative estimate of drug-likeness (QED) is 0.539. The Morgan fingerprint density at radius 1 is 1.07 bits per heavy atom. The number of nitrogens with one attached hydrogen (secondary N) is 2. The number of pyridine rings is 1. The number of fused-ring (bicyclic) bond motifs is 1. The van der Waals surface area contributed by atoms with Crippen LogP contribution >= 0.6 is 0 Å². The highest BCUT2D eigenvalue weighted by atomic mass is 16.1. The number of aromatic nitrogens is 3. The standard InChI is InChI=1S/C23H24N4O/c1-16(18-9-5-3-6-10-18)14-24-15-19-13-21-17(2)26-27(22(21)25-23(19)28)20-11-7-4-8-12-20/h3-13,16,24H,14-15H2,1-2H3,(H,25,28). The Morgan fingerprint density at radius 3 is 2.46 bits per heavy atom. The maximum atomic E-state index is 12.6. The van der Waals surface area contributed by atoms with Gasteiger partial charge in [0, 0.05) is 24.0 Å². The second kappa shape index (κ2) is 7.82. The highest BCUT2D eigenvalue weighted by Crippen LogP contribution is 2.20. The van der Waals surface area contributed by atoms with Crippen LogP contribution in [0.3, 0.4) is 0 Å². The molecule has 1 unspecified atom stereocenters. The Bertz CT molecular complexity index is 1130. The van der Waals surface area contributed by atoms with E-state index in [2.05, 4.69) is 46.6 Å².